The van der Waals surface area contributed by atoms with E-state index in [0.717, 1.165) is 45.5 Å². The number of amides is 1. The molecule has 2 aliphatic heterocycles. The molecule has 20 heavy (non-hydrogen) atoms. The lowest BCUT2D eigenvalue weighted by Gasteiger charge is -2.36. The number of carbonyl (C=O) groups excluding carboxylic acids is 1. The summed E-state index contributed by atoms with van der Waals surface area (Å²) >= 11 is 0. The Hall–Kier alpha value is -0.610. The Kier molecular flexibility index (Phi) is 5.44. The molecule has 2 aliphatic rings. The standard InChI is InChI=1S/C16H30N2O2/c1-4-14-12(7-9-20-14)10-18-15(19)16(2,3)13-6-5-8-17-11-13/h12-14,17H,4-11H2,1-3H3,(H,18,19). The van der Waals surface area contributed by atoms with E-state index in [1.54, 1.807) is 0 Å². The topological polar surface area (TPSA) is 50.4 Å². The molecule has 3 atom stereocenters. The van der Waals surface area contributed by atoms with Gasteiger partial charge in [-0.25, -0.2) is 0 Å². The van der Waals surface area contributed by atoms with Gasteiger partial charge in [-0.3, -0.25) is 4.79 Å². The monoisotopic (exact) mass is 282 g/mol. The third-order valence-electron chi connectivity index (χ3n) is 5.18. The number of hydrogen-bond acceptors (Lipinski definition) is 3. The van der Waals surface area contributed by atoms with E-state index in [9.17, 15) is 4.79 Å². The molecule has 0 radical (unpaired) electrons. The molecule has 2 fully saturated rings. The zero-order valence-corrected chi connectivity index (χ0v) is 13.2. The number of rotatable bonds is 5. The van der Waals surface area contributed by atoms with E-state index in [0.29, 0.717) is 17.9 Å². The Morgan fingerprint density at radius 2 is 2.20 bits per heavy atom. The maximum Gasteiger partial charge on any atom is 0.225 e. The summed E-state index contributed by atoms with van der Waals surface area (Å²) in [5, 5.41) is 6.59. The first-order valence-corrected chi connectivity index (χ1v) is 8.16. The highest BCUT2D eigenvalue weighted by Gasteiger charge is 2.38. The minimum atomic E-state index is -0.283. The minimum absolute atomic E-state index is 0.202. The fraction of sp³-hybridized carbons (Fsp3) is 0.938. The van der Waals surface area contributed by atoms with E-state index in [1.807, 2.05) is 0 Å². The van der Waals surface area contributed by atoms with Crippen molar-refractivity contribution >= 4 is 5.91 Å². The van der Waals surface area contributed by atoms with Crippen LogP contribution in [-0.4, -0.2) is 38.3 Å². The van der Waals surface area contributed by atoms with Gasteiger partial charge in [0, 0.05) is 24.5 Å². The van der Waals surface area contributed by atoms with E-state index in [2.05, 4.69) is 31.4 Å². The molecule has 0 bridgehead atoms. The Morgan fingerprint density at radius 1 is 1.40 bits per heavy atom. The zero-order valence-electron chi connectivity index (χ0n) is 13.2. The number of hydrogen-bond donors (Lipinski definition) is 2. The van der Waals surface area contributed by atoms with Gasteiger partial charge >= 0.3 is 0 Å². The molecule has 116 valence electrons. The molecule has 2 saturated heterocycles. The highest BCUT2D eigenvalue weighted by molar-refractivity contribution is 5.82. The van der Waals surface area contributed by atoms with Gasteiger partial charge in [0.1, 0.15) is 0 Å². The van der Waals surface area contributed by atoms with Crippen molar-refractivity contribution in [2.24, 2.45) is 17.3 Å². The molecule has 4 heteroatoms. The fourth-order valence-electron chi connectivity index (χ4n) is 3.48. The summed E-state index contributed by atoms with van der Waals surface area (Å²) < 4.78 is 5.69. The molecular weight excluding hydrogens is 252 g/mol. The van der Waals surface area contributed by atoms with Crippen LogP contribution in [0.25, 0.3) is 0 Å². The average Bonchev–Trinajstić information content (AvgIpc) is 2.93. The Bertz CT molecular complexity index is 324. The first-order chi connectivity index (χ1) is 9.55. The summed E-state index contributed by atoms with van der Waals surface area (Å²) in [5.41, 5.74) is -0.283. The molecule has 2 heterocycles. The van der Waals surface area contributed by atoms with Gasteiger partial charge < -0.3 is 15.4 Å². The molecule has 3 unspecified atom stereocenters. The van der Waals surface area contributed by atoms with Crippen molar-refractivity contribution in [2.75, 3.05) is 26.2 Å². The Labute approximate surface area is 123 Å². The van der Waals surface area contributed by atoms with Gasteiger partial charge in [-0.15, -0.1) is 0 Å². The summed E-state index contributed by atoms with van der Waals surface area (Å²) in [5.74, 6) is 1.13. The van der Waals surface area contributed by atoms with Crippen LogP contribution >= 0.6 is 0 Å². The molecule has 0 spiro atoms. The van der Waals surface area contributed by atoms with Crippen molar-refractivity contribution in [3.63, 3.8) is 0 Å². The first kappa shape index (κ1) is 15.8. The fourth-order valence-corrected chi connectivity index (χ4v) is 3.48. The molecule has 2 rings (SSSR count). The first-order valence-electron chi connectivity index (χ1n) is 8.16. The zero-order chi connectivity index (χ0) is 14.6. The van der Waals surface area contributed by atoms with Gasteiger partial charge in [-0.05, 0) is 44.7 Å². The van der Waals surface area contributed by atoms with Crippen molar-refractivity contribution in [3.8, 4) is 0 Å². The summed E-state index contributed by atoms with van der Waals surface area (Å²) in [4.78, 5) is 12.5. The molecule has 4 nitrogen and oxygen atoms in total. The number of carbonyl (C=O) groups is 1. The lowest BCUT2D eigenvalue weighted by molar-refractivity contribution is -0.132. The molecule has 0 aromatic rings. The van der Waals surface area contributed by atoms with Crippen LogP contribution < -0.4 is 10.6 Å². The van der Waals surface area contributed by atoms with Crippen LogP contribution in [0.1, 0.15) is 46.5 Å². The predicted octanol–water partition coefficient (Wildman–Crippen LogP) is 1.94. The predicted molar refractivity (Wildman–Crippen MR) is 80.5 cm³/mol. The van der Waals surface area contributed by atoms with Gasteiger partial charge in [0.05, 0.1) is 6.10 Å². The van der Waals surface area contributed by atoms with E-state index in [4.69, 9.17) is 4.74 Å². The van der Waals surface area contributed by atoms with E-state index < -0.39 is 0 Å². The molecule has 1 amide bonds. The van der Waals surface area contributed by atoms with Crippen molar-refractivity contribution < 1.29 is 9.53 Å². The number of nitrogens with one attached hydrogen (secondary N) is 2. The van der Waals surface area contributed by atoms with Crippen LogP contribution in [-0.2, 0) is 9.53 Å². The van der Waals surface area contributed by atoms with Gasteiger partial charge in [-0.2, -0.15) is 0 Å². The molecule has 0 saturated carbocycles. The third-order valence-corrected chi connectivity index (χ3v) is 5.18. The largest absolute Gasteiger partial charge is 0.378 e. The lowest BCUT2D eigenvalue weighted by Crippen LogP contribution is -2.48. The normalized spacial score (nSPS) is 31.2. The summed E-state index contributed by atoms with van der Waals surface area (Å²) in [7, 11) is 0. The second-order valence-corrected chi connectivity index (χ2v) is 6.84. The van der Waals surface area contributed by atoms with Gasteiger partial charge in [0.25, 0.3) is 0 Å². The molecular formula is C16H30N2O2. The minimum Gasteiger partial charge on any atom is -0.378 e. The molecule has 2 N–H and O–H groups in total. The van der Waals surface area contributed by atoms with Gasteiger partial charge in [0.2, 0.25) is 5.91 Å². The maximum atomic E-state index is 12.5. The SMILES string of the molecule is CCC1OCCC1CNC(=O)C(C)(C)C1CCCNC1. The van der Waals surface area contributed by atoms with E-state index >= 15 is 0 Å². The van der Waals surface area contributed by atoms with Crippen molar-refractivity contribution in [3.05, 3.63) is 0 Å². The maximum absolute atomic E-state index is 12.5. The quantitative estimate of drug-likeness (QED) is 0.810. The highest BCUT2D eigenvalue weighted by Crippen LogP contribution is 2.32. The summed E-state index contributed by atoms with van der Waals surface area (Å²) in [6.07, 6.45) is 4.77. The molecule has 0 aromatic heterocycles. The van der Waals surface area contributed by atoms with Crippen molar-refractivity contribution in [2.45, 2.75) is 52.6 Å². The van der Waals surface area contributed by atoms with E-state index in [-0.39, 0.29) is 11.3 Å². The Balaban J connectivity index is 1.83. The summed E-state index contributed by atoms with van der Waals surface area (Å²) in [6, 6.07) is 0. The third kappa shape index (κ3) is 3.53. The average molecular weight is 282 g/mol. The lowest BCUT2D eigenvalue weighted by atomic mass is 9.74. The van der Waals surface area contributed by atoms with Crippen LogP contribution in [0.4, 0.5) is 0 Å². The van der Waals surface area contributed by atoms with Gasteiger partial charge in [-0.1, -0.05) is 20.8 Å². The van der Waals surface area contributed by atoms with Crippen LogP contribution in [0.2, 0.25) is 0 Å². The van der Waals surface area contributed by atoms with Gasteiger partial charge in [0.15, 0.2) is 0 Å². The number of ether oxygens (including phenoxy) is 1. The van der Waals surface area contributed by atoms with Crippen LogP contribution in [0.3, 0.4) is 0 Å². The molecule has 0 aliphatic carbocycles. The van der Waals surface area contributed by atoms with E-state index in [1.165, 1.54) is 6.42 Å². The highest BCUT2D eigenvalue weighted by atomic mass is 16.5. The second kappa shape index (κ2) is 6.90. The number of piperidine rings is 1. The van der Waals surface area contributed by atoms with Crippen LogP contribution in [0, 0.1) is 17.3 Å². The van der Waals surface area contributed by atoms with Crippen molar-refractivity contribution in [1.82, 2.24) is 10.6 Å². The van der Waals surface area contributed by atoms with Crippen LogP contribution in [0.15, 0.2) is 0 Å². The van der Waals surface area contributed by atoms with Crippen LogP contribution in [0.5, 0.6) is 0 Å². The summed E-state index contributed by atoms with van der Waals surface area (Å²) in [6.45, 7) is 9.99. The second-order valence-electron chi connectivity index (χ2n) is 6.84. The van der Waals surface area contributed by atoms with Crippen molar-refractivity contribution in [1.29, 1.82) is 0 Å². The smallest absolute Gasteiger partial charge is 0.225 e. The Morgan fingerprint density at radius 3 is 2.85 bits per heavy atom. The molecule has 0 aromatic carbocycles.